The van der Waals surface area contributed by atoms with Gasteiger partial charge in [-0.1, -0.05) is 13.8 Å². The standard InChI is InChI=1S/C26H33N3O7S/c1-17(2)15-27-26(31)24(28-25(30)19-4-9-22-23(14-19)36-16-35-22)18-10-12-29(13-11-18)37(32,33)21-7-5-20(34-3)6-8-21/h4-9,14,17-18,24H,10-13,15-16H2,1-3H3,(H,27,31)(H,28,30)/t24-/m1/s1. The van der Waals surface area contributed by atoms with Gasteiger partial charge in [0.1, 0.15) is 11.8 Å². The molecule has 2 aromatic carbocycles. The summed E-state index contributed by atoms with van der Waals surface area (Å²) in [5, 5.41) is 5.80. The highest BCUT2D eigenvalue weighted by Crippen LogP contribution is 2.33. The maximum Gasteiger partial charge on any atom is 0.252 e. The molecule has 1 atom stereocenters. The zero-order chi connectivity index (χ0) is 26.6. The number of rotatable bonds is 9. The first-order chi connectivity index (χ1) is 17.7. The molecule has 11 heteroatoms. The number of hydrogen-bond acceptors (Lipinski definition) is 7. The number of methoxy groups -OCH3 is 1. The lowest BCUT2D eigenvalue weighted by Crippen LogP contribution is -2.54. The largest absolute Gasteiger partial charge is 0.497 e. The fraction of sp³-hybridized carbons (Fsp3) is 0.462. The predicted molar refractivity (Wildman–Crippen MR) is 136 cm³/mol. The quantitative estimate of drug-likeness (QED) is 0.509. The molecule has 10 nitrogen and oxygen atoms in total. The number of carbonyl (C=O) groups excluding carboxylic acids is 2. The molecule has 0 radical (unpaired) electrons. The number of amides is 2. The van der Waals surface area contributed by atoms with E-state index < -0.39 is 22.0 Å². The maximum atomic E-state index is 13.1. The van der Waals surface area contributed by atoms with Crippen molar-refractivity contribution < 1.29 is 32.2 Å². The Hall–Kier alpha value is -3.31. The van der Waals surface area contributed by atoms with Crippen molar-refractivity contribution in [2.75, 3.05) is 33.5 Å². The minimum Gasteiger partial charge on any atom is -0.497 e. The van der Waals surface area contributed by atoms with Crippen LogP contribution in [0.1, 0.15) is 37.0 Å². The van der Waals surface area contributed by atoms with Gasteiger partial charge in [-0.25, -0.2) is 8.42 Å². The van der Waals surface area contributed by atoms with Gasteiger partial charge in [0.25, 0.3) is 5.91 Å². The van der Waals surface area contributed by atoms with Crippen molar-refractivity contribution in [3.63, 3.8) is 0 Å². The summed E-state index contributed by atoms with van der Waals surface area (Å²) < 4.78 is 43.5. The number of sulfonamides is 1. The van der Waals surface area contributed by atoms with Crippen molar-refractivity contribution in [2.24, 2.45) is 11.8 Å². The topological polar surface area (TPSA) is 123 Å². The van der Waals surface area contributed by atoms with Crippen LogP contribution in [-0.4, -0.2) is 64.1 Å². The Balaban J connectivity index is 1.46. The average molecular weight is 532 g/mol. The van der Waals surface area contributed by atoms with Crippen molar-refractivity contribution in [3.8, 4) is 17.2 Å². The first kappa shape index (κ1) is 26.7. The highest BCUT2D eigenvalue weighted by molar-refractivity contribution is 7.89. The fourth-order valence-corrected chi connectivity index (χ4v) is 5.89. The second-order valence-corrected chi connectivity index (χ2v) is 11.5. The molecule has 2 amide bonds. The van der Waals surface area contributed by atoms with Crippen molar-refractivity contribution >= 4 is 21.8 Å². The van der Waals surface area contributed by atoms with Crippen LogP contribution < -0.4 is 24.8 Å². The zero-order valence-electron chi connectivity index (χ0n) is 21.2. The second-order valence-electron chi connectivity index (χ2n) is 9.58. The van der Waals surface area contributed by atoms with Crippen molar-refractivity contribution in [1.29, 1.82) is 0 Å². The fourth-order valence-electron chi connectivity index (χ4n) is 4.42. The highest BCUT2D eigenvalue weighted by atomic mass is 32.2. The number of benzene rings is 2. The molecule has 2 aromatic rings. The van der Waals surface area contributed by atoms with Gasteiger partial charge < -0.3 is 24.8 Å². The molecular weight excluding hydrogens is 498 g/mol. The van der Waals surface area contributed by atoms with E-state index in [1.54, 1.807) is 30.3 Å². The summed E-state index contributed by atoms with van der Waals surface area (Å²) in [5.41, 5.74) is 0.352. The molecule has 0 saturated carbocycles. The van der Waals surface area contributed by atoms with Crippen LogP contribution in [0.5, 0.6) is 17.2 Å². The summed E-state index contributed by atoms with van der Waals surface area (Å²) in [4.78, 5) is 26.4. The third-order valence-electron chi connectivity index (χ3n) is 6.56. The minimum atomic E-state index is -3.69. The van der Waals surface area contributed by atoms with E-state index in [0.29, 0.717) is 42.2 Å². The number of nitrogens with zero attached hydrogens (tertiary/aromatic N) is 1. The molecule has 0 spiro atoms. The van der Waals surface area contributed by atoms with Crippen LogP contribution in [0.3, 0.4) is 0 Å². The number of nitrogens with one attached hydrogen (secondary N) is 2. The monoisotopic (exact) mass is 531 g/mol. The Morgan fingerprint density at radius 2 is 1.73 bits per heavy atom. The Kier molecular flexibility index (Phi) is 8.23. The van der Waals surface area contributed by atoms with Crippen molar-refractivity contribution in [1.82, 2.24) is 14.9 Å². The van der Waals surface area contributed by atoms with Gasteiger partial charge in [-0.05, 0) is 67.1 Å². The van der Waals surface area contributed by atoms with Gasteiger partial charge in [0.2, 0.25) is 22.7 Å². The summed E-state index contributed by atoms with van der Waals surface area (Å²) in [5.74, 6) is 0.943. The van der Waals surface area contributed by atoms with E-state index in [9.17, 15) is 18.0 Å². The molecule has 0 bridgehead atoms. The van der Waals surface area contributed by atoms with Crippen LogP contribution in [0.4, 0.5) is 0 Å². The van der Waals surface area contributed by atoms with E-state index in [0.717, 1.165) is 0 Å². The normalized spacial score (nSPS) is 16.9. The molecule has 1 saturated heterocycles. The van der Waals surface area contributed by atoms with Crippen molar-refractivity contribution in [3.05, 3.63) is 48.0 Å². The number of fused-ring (bicyclic) bond motifs is 1. The zero-order valence-corrected chi connectivity index (χ0v) is 22.0. The molecule has 0 aromatic heterocycles. The molecule has 2 heterocycles. The Labute approximate surface area is 217 Å². The first-order valence-corrected chi connectivity index (χ1v) is 13.8. The number of hydrogen-bond donors (Lipinski definition) is 2. The highest BCUT2D eigenvalue weighted by Gasteiger charge is 2.36. The molecule has 37 heavy (non-hydrogen) atoms. The summed E-state index contributed by atoms with van der Waals surface area (Å²) in [6, 6.07) is 10.3. The molecule has 0 aliphatic carbocycles. The van der Waals surface area contributed by atoms with Gasteiger partial charge in [-0.15, -0.1) is 0 Å². The second kappa shape index (κ2) is 11.4. The van der Waals surface area contributed by atoms with E-state index in [1.165, 1.54) is 23.5 Å². The predicted octanol–water partition coefficient (Wildman–Crippen LogP) is 2.40. The van der Waals surface area contributed by atoms with Crippen molar-refractivity contribution in [2.45, 2.75) is 37.6 Å². The van der Waals surface area contributed by atoms with Gasteiger partial charge in [0.15, 0.2) is 11.5 Å². The van der Waals surface area contributed by atoms with E-state index >= 15 is 0 Å². The van der Waals surface area contributed by atoms with Crippen LogP contribution in [-0.2, 0) is 14.8 Å². The smallest absolute Gasteiger partial charge is 0.252 e. The van der Waals surface area contributed by atoms with Gasteiger partial charge in [0, 0.05) is 25.2 Å². The molecule has 200 valence electrons. The SMILES string of the molecule is COc1ccc(S(=O)(=O)N2CCC([C@@H](NC(=O)c3ccc4c(c3)OCO4)C(=O)NCC(C)C)CC2)cc1. The summed E-state index contributed by atoms with van der Waals surface area (Å²) >= 11 is 0. The molecular formula is C26H33N3O7S. The van der Waals surface area contributed by atoms with Crippen LogP contribution >= 0.6 is 0 Å². The Bertz CT molecular complexity index is 1220. The van der Waals surface area contributed by atoms with Gasteiger partial charge in [-0.2, -0.15) is 4.31 Å². The molecule has 2 N–H and O–H groups in total. The Morgan fingerprint density at radius 3 is 2.38 bits per heavy atom. The summed E-state index contributed by atoms with van der Waals surface area (Å²) in [6.45, 7) is 5.03. The maximum absolute atomic E-state index is 13.1. The molecule has 1 fully saturated rings. The van der Waals surface area contributed by atoms with Crippen LogP contribution in [0, 0.1) is 11.8 Å². The summed E-state index contributed by atoms with van der Waals surface area (Å²) in [6.07, 6.45) is 0.854. The lowest BCUT2D eigenvalue weighted by molar-refractivity contribution is -0.124. The van der Waals surface area contributed by atoms with Gasteiger partial charge in [0.05, 0.1) is 12.0 Å². The number of carbonyl (C=O) groups is 2. The van der Waals surface area contributed by atoms with Gasteiger partial charge in [-0.3, -0.25) is 9.59 Å². The van der Waals surface area contributed by atoms with Crippen LogP contribution in [0.2, 0.25) is 0 Å². The average Bonchev–Trinajstić information content (AvgIpc) is 3.38. The first-order valence-electron chi connectivity index (χ1n) is 12.3. The lowest BCUT2D eigenvalue weighted by atomic mass is 9.89. The Morgan fingerprint density at radius 1 is 1.05 bits per heavy atom. The number of ether oxygens (including phenoxy) is 3. The third-order valence-corrected chi connectivity index (χ3v) is 8.47. The molecule has 4 rings (SSSR count). The molecule has 0 unspecified atom stereocenters. The van der Waals surface area contributed by atoms with Crippen LogP contribution in [0.15, 0.2) is 47.4 Å². The third kappa shape index (κ3) is 6.16. The van der Waals surface area contributed by atoms with Gasteiger partial charge >= 0.3 is 0 Å². The van der Waals surface area contributed by atoms with Crippen LogP contribution in [0.25, 0.3) is 0 Å². The molecule has 2 aliphatic heterocycles. The van der Waals surface area contributed by atoms with E-state index in [1.807, 2.05) is 13.8 Å². The number of piperidine rings is 1. The summed E-state index contributed by atoms with van der Waals surface area (Å²) in [7, 11) is -2.16. The van der Waals surface area contributed by atoms with E-state index in [-0.39, 0.29) is 42.5 Å². The molecule has 2 aliphatic rings. The lowest BCUT2D eigenvalue weighted by Gasteiger charge is -2.35. The van der Waals surface area contributed by atoms with E-state index in [2.05, 4.69) is 10.6 Å². The van der Waals surface area contributed by atoms with E-state index in [4.69, 9.17) is 14.2 Å². The minimum absolute atomic E-state index is 0.0959.